The SMILES string of the molecule is CC(C)c1ccc(Sc2cc(F)c(C(=O)O)cc2N)cc1. The molecule has 0 fully saturated rings. The third-order valence-corrected chi connectivity index (χ3v) is 4.19. The number of rotatable bonds is 4. The molecule has 0 aliphatic heterocycles. The van der Waals surface area contributed by atoms with E-state index in [0.717, 1.165) is 11.0 Å². The van der Waals surface area contributed by atoms with Crippen LogP contribution in [0.15, 0.2) is 46.2 Å². The van der Waals surface area contributed by atoms with Gasteiger partial charge in [0.2, 0.25) is 0 Å². The van der Waals surface area contributed by atoms with Crippen molar-refractivity contribution in [2.45, 2.75) is 29.6 Å². The summed E-state index contributed by atoms with van der Waals surface area (Å²) in [6, 6.07) is 10.3. The molecule has 0 amide bonds. The molecule has 0 spiro atoms. The zero-order valence-corrected chi connectivity index (χ0v) is 12.6. The molecular weight excluding hydrogens is 289 g/mol. The van der Waals surface area contributed by atoms with Gasteiger partial charge < -0.3 is 10.8 Å². The molecule has 0 unspecified atom stereocenters. The highest BCUT2D eigenvalue weighted by atomic mass is 32.2. The normalized spacial score (nSPS) is 10.9. The molecule has 0 heterocycles. The average Bonchev–Trinajstić information content (AvgIpc) is 2.42. The van der Waals surface area contributed by atoms with Gasteiger partial charge in [-0.15, -0.1) is 0 Å². The Morgan fingerprint density at radius 2 is 1.86 bits per heavy atom. The van der Waals surface area contributed by atoms with Crippen molar-refractivity contribution < 1.29 is 14.3 Å². The number of aromatic carboxylic acids is 1. The number of carbonyl (C=O) groups is 1. The molecule has 2 rings (SSSR count). The maximum atomic E-state index is 13.7. The van der Waals surface area contributed by atoms with Crippen LogP contribution in [-0.2, 0) is 0 Å². The number of nitrogen functional groups attached to an aromatic ring is 1. The molecule has 0 radical (unpaired) electrons. The maximum absolute atomic E-state index is 13.7. The first-order chi connectivity index (χ1) is 9.88. The van der Waals surface area contributed by atoms with Gasteiger partial charge in [0, 0.05) is 15.5 Å². The summed E-state index contributed by atoms with van der Waals surface area (Å²) in [5.41, 5.74) is 6.87. The second-order valence-electron chi connectivity index (χ2n) is 5.00. The van der Waals surface area contributed by atoms with E-state index in [-0.39, 0.29) is 5.69 Å². The van der Waals surface area contributed by atoms with E-state index in [1.807, 2.05) is 24.3 Å². The minimum atomic E-state index is -1.32. The number of halogens is 1. The van der Waals surface area contributed by atoms with Gasteiger partial charge >= 0.3 is 5.97 Å². The molecule has 0 atom stereocenters. The average molecular weight is 305 g/mol. The number of benzene rings is 2. The van der Waals surface area contributed by atoms with Crippen molar-refractivity contribution in [3.8, 4) is 0 Å². The Kier molecular flexibility index (Phi) is 4.53. The van der Waals surface area contributed by atoms with Crippen LogP contribution in [-0.4, -0.2) is 11.1 Å². The molecule has 0 saturated carbocycles. The van der Waals surface area contributed by atoms with E-state index in [1.54, 1.807) is 0 Å². The van der Waals surface area contributed by atoms with E-state index in [0.29, 0.717) is 10.8 Å². The number of hydrogen-bond donors (Lipinski definition) is 2. The molecule has 0 bridgehead atoms. The summed E-state index contributed by atoms with van der Waals surface area (Å²) in [5, 5.41) is 8.85. The number of nitrogens with two attached hydrogens (primary N) is 1. The molecule has 0 aliphatic rings. The zero-order valence-electron chi connectivity index (χ0n) is 11.8. The van der Waals surface area contributed by atoms with Gasteiger partial charge in [-0.2, -0.15) is 0 Å². The molecule has 2 aromatic rings. The van der Waals surface area contributed by atoms with Crippen molar-refractivity contribution in [3.63, 3.8) is 0 Å². The highest BCUT2D eigenvalue weighted by Gasteiger charge is 2.14. The lowest BCUT2D eigenvalue weighted by Gasteiger charge is -2.09. The maximum Gasteiger partial charge on any atom is 0.338 e. The van der Waals surface area contributed by atoms with Gasteiger partial charge in [-0.25, -0.2) is 9.18 Å². The van der Waals surface area contributed by atoms with Gasteiger partial charge in [-0.05, 0) is 35.7 Å². The lowest BCUT2D eigenvalue weighted by atomic mass is 10.0. The van der Waals surface area contributed by atoms with Crippen LogP contribution in [0.1, 0.15) is 35.7 Å². The van der Waals surface area contributed by atoms with E-state index >= 15 is 0 Å². The summed E-state index contributed by atoms with van der Waals surface area (Å²) >= 11 is 1.31. The Balaban J connectivity index is 2.27. The monoisotopic (exact) mass is 305 g/mol. The summed E-state index contributed by atoms with van der Waals surface area (Å²) in [5.74, 6) is -1.66. The third-order valence-electron chi connectivity index (χ3n) is 3.10. The van der Waals surface area contributed by atoms with Crippen molar-refractivity contribution >= 4 is 23.4 Å². The highest BCUT2D eigenvalue weighted by Crippen LogP contribution is 2.34. The zero-order chi connectivity index (χ0) is 15.6. The molecule has 0 saturated heterocycles. The molecule has 21 heavy (non-hydrogen) atoms. The number of anilines is 1. The number of carboxylic acids is 1. The predicted octanol–water partition coefficient (Wildman–Crippen LogP) is 4.38. The first-order valence-electron chi connectivity index (χ1n) is 6.48. The quantitative estimate of drug-likeness (QED) is 0.823. The number of hydrogen-bond acceptors (Lipinski definition) is 3. The highest BCUT2D eigenvalue weighted by molar-refractivity contribution is 7.99. The second kappa shape index (κ2) is 6.18. The Labute approximate surface area is 127 Å². The molecule has 2 aromatic carbocycles. The van der Waals surface area contributed by atoms with Crippen LogP contribution in [0.5, 0.6) is 0 Å². The van der Waals surface area contributed by atoms with Crippen molar-refractivity contribution in [2.75, 3.05) is 5.73 Å². The molecule has 3 nitrogen and oxygen atoms in total. The molecular formula is C16H16FNO2S. The summed E-state index contributed by atoms with van der Waals surface area (Å²) < 4.78 is 13.7. The van der Waals surface area contributed by atoms with Crippen LogP contribution < -0.4 is 5.73 Å². The van der Waals surface area contributed by atoms with E-state index in [4.69, 9.17) is 10.8 Å². The summed E-state index contributed by atoms with van der Waals surface area (Å²) in [6.07, 6.45) is 0. The topological polar surface area (TPSA) is 63.3 Å². The van der Waals surface area contributed by atoms with Crippen molar-refractivity contribution in [1.82, 2.24) is 0 Å². The van der Waals surface area contributed by atoms with Gasteiger partial charge in [0.25, 0.3) is 0 Å². The smallest absolute Gasteiger partial charge is 0.338 e. The van der Waals surface area contributed by atoms with Gasteiger partial charge in [0.05, 0.1) is 5.56 Å². The fourth-order valence-corrected chi connectivity index (χ4v) is 2.74. The second-order valence-corrected chi connectivity index (χ2v) is 6.12. The molecule has 5 heteroatoms. The van der Waals surface area contributed by atoms with Crippen LogP contribution in [0.25, 0.3) is 0 Å². The predicted molar refractivity (Wildman–Crippen MR) is 82.4 cm³/mol. The molecule has 110 valence electrons. The Bertz CT molecular complexity index is 669. The van der Waals surface area contributed by atoms with Crippen LogP contribution in [0.4, 0.5) is 10.1 Å². The van der Waals surface area contributed by atoms with Crippen molar-refractivity contribution in [1.29, 1.82) is 0 Å². The summed E-state index contributed by atoms with van der Waals surface area (Å²) in [4.78, 5) is 12.3. The third kappa shape index (κ3) is 3.55. The first kappa shape index (κ1) is 15.4. The van der Waals surface area contributed by atoms with E-state index in [1.165, 1.54) is 23.4 Å². The van der Waals surface area contributed by atoms with Crippen LogP contribution >= 0.6 is 11.8 Å². The minimum Gasteiger partial charge on any atom is -0.478 e. The van der Waals surface area contributed by atoms with Gasteiger partial charge in [0.15, 0.2) is 0 Å². The van der Waals surface area contributed by atoms with E-state index in [9.17, 15) is 9.18 Å². The fourth-order valence-electron chi connectivity index (χ4n) is 1.87. The Morgan fingerprint density at radius 1 is 1.24 bits per heavy atom. The fraction of sp³-hybridized carbons (Fsp3) is 0.188. The standard InChI is InChI=1S/C16H16FNO2S/c1-9(2)10-3-5-11(6-4-10)21-15-8-13(17)12(16(19)20)7-14(15)18/h3-9H,18H2,1-2H3,(H,19,20). The van der Waals surface area contributed by atoms with E-state index in [2.05, 4.69) is 13.8 Å². The summed E-state index contributed by atoms with van der Waals surface area (Å²) in [6.45, 7) is 4.22. The van der Waals surface area contributed by atoms with Gasteiger partial charge in [-0.3, -0.25) is 0 Å². The lowest BCUT2D eigenvalue weighted by Crippen LogP contribution is -2.03. The van der Waals surface area contributed by atoms with Gasteiger partial charge in [0.1, 0.15) is 5.82 Å². The van der Waals surface area contributed by atoms with Crippen molar-refractivity contribution in [2.24, 2.45) is 0 Å². The largest absolute Gasteiger partial charge is 0.478 e. The number of carboxylic acid groups (broad SMARTS) is 1. The van der Waals surface area contributed by atoms with Crippen LogP contribution in [0.3, 0.4) is 0 Å². The Hall–Kier alpha value is -2.01. The molecule has 3 N–H and O–H groups in total. The van der Waals surface area contributed by atoms with Crippen LogP contribution in [0, 0.1) is 5.82 Å². The van der Waals surface area contributed by atoms with Crippen LogP contribution in [0.2, 0.25) is 0 Å². The van der Waals surface area contributed by atoms with Gasteiger partial charge in [-0.1, -0.05) is 37.7 Å². The molecule has 0 aliphatic carbocycles. The molecule has 0 aromatic heterocycles. The van der Waals surface area contributed by atoms with E-state index < -0.39 is 17.3 Å². The Morgan fingerprint density at radius 3 is 2.38 bits per heavy atom. The lowest BCUT2D eigenvalue weighted by molar-refractivity contribution is 0.0692. The first-order valence-corrected chi connectivity index (χ1v) is 7.30. The summed E-state index contributed by atoms with van der Waals surface area (Å²) in [7, 11) is 0. The minimum absolute atomic E-state index is 0.256. The van der Waals surface area contributed by atoms with Crippen molar-refractivity contribution in [3.05, 3.63) is 53.3 Å².